The molecule has 3 nitrogen and oxygen atoms in total. The highest BCUT2D eigenvalue weighted by Crippen LogP contribution is 2.24. The van der Waals surface area contributed by atoms with E-state index in [9.17, 15) is 0 Å². The van der Waals surface area contributed by atoms with E-state index in [1.54, 1.807) is 11.8 Å². The van der Waals surface area contributed by atoms with E-state index < -0.39 is 0 Å². The summed E-state index contributed by atoms with van der Waals surface area (Å²) >= 11 is 13.0. The molecule has 1 rings (SSSR count). The Kier molecular flexibility index (Phi) is 5.52. The van der Waals surface area contributed by atoms with Crippen LogP contribution < -0.4 is 0 Å². The van der Waals surface area contributed by atoms with E-state index >= 15 is 0 Å². The second kappa shape index (κ2) is 6.43. The number of thioether (sulfide) groups is 1. The smallest absolute Gasteiger partial charge is 0.207 e. The van der Waals surface area contributed by atoms with Gasteiger partial charge < -0.3 is 0 Å². The highest BCUT2D eigenvalue weighted by Gasteiger charge is 2.05. The number of unbranched alkanes of at least 4 members (excludes halogenated alkanes) is 2. The van der Waals surface area contributed by atoms with Crippen molar-refractivity contribution in [2.75, 3.05) is 5.75 Å². The van der Waals surface area contributed by atoms with Crippen molar-refractivity contribution in [3.63, 3.8) is 0 Å². The van der Waals surface area contributed by atoms with E-state index in [1.165, 1.54) is 12.8 Å². The van der Waals surface area contributed by atoms with Gasteiger partial charge in [0.1, 0.15) is 5.03 Å². The summed E-state index contributed by atoms with van der Waals surface area (Å²) in [7, 11) is 0. The SMILES string of the molecule is CCCCCSc1nc(Cl)nnc1Cl. The van der Waals surface area contributed by atoms with Crippen LogP contribution in [0.3, 0.4) is 0 Å². The van der Waals surface area contributed by atoms with Crippen LogP contribution in [0.15, 0.2) is 5.03 Å². The van der Waals surface area contributed by atoms with Crippen molar-refractivity contribution < 1.29 is 0 Å². The van der Waals surface area contributed by atoms with Crippen LogP contribution in [-0.4, -0.2) is 20.9 Å². The van der Waals surface area contributed by atoms with E-state index in [0.717, 1.165) is 12.2 Å². The van der Waals surface area contributed by atoms with Gasteiger partial charge in [0.2, 0.25) is 5.28 Å². The topological polar surface area (TPSA) is 38.7 Å². The summed E-state index contributed by atoms with van der Waals surface area (Å²) in [6.07, 6.45) is 3.58. The molecule has 0 saturated carbocycles. The summed E-state index contributed by atoms with van der Waals surface area (Å²) in [4.78, 5) is 3.99. The van der Waals surface area contributed by atoms with Crippen LogP contribution in [0, 0.1) is 0 Å². The maximum atomic E-state index is 5.79. The van der Waals surface area contributed by atoms with Crippen molar-refractivity contribution in [3.8, 4) is 0 Å². The van der Waals surface area contributed by atoms with Gasteiger partial charge in [-0.3, -0.25) is 0 Å². The molecule has 0 spiro atoms. The van der Waals surface area contributed by atoms with Gasteiger partial charge in [-0.05, 0) is 23.8 Å². The average molecular weight is 252 g/mol. The summed E-state index contributed by atoms with van der Waals surface area (Å²) in [6.45, 7) is 2.17. The van der Waals surface area contributed by atoms with Crippen LogP contribution in [-0.2, 0) is 0 Å². The zero-order valence-electron chi connectivity index (χ0n) is 7.83. The molecule has 0 radical (unpaired) electrons. The lowest BCUT2D eigenvalue weighted by Crippen LogP contribution is -1.92. The Hall–Kier alpha value is -0.0600. The molecule has 14 heavy (non-hydrogen) atoms. The van der Waals surface area contributed by atoms with Crippen molar-refractivity contribution >= 4 is 35.0 Å². The summed E-state index contributed by atoms with van der Waals surface area (Å²) in [5, 5.41) is 8.37. The molecule has 0 aliphatic heterocycles. The van der Waals surface area contributed by atoms with Crippen LogP contribution in [0.4, 0.5) is 0 Å². The summed E-state index contributed by atoms with van der Waals surface area (Å²) < 4.78 is 0. The largest absolute Gasteiger partial charge is 0.244 e. The quantitative estimate of drug-likeness (QED) is 0.594. The minimum atomic E-state index is 0.146. The minimum absolute atomic E-state index is 0.146. The second-order valence-corrected chi connectivity index (χ2v) is 4.51. The van der Waals surface area contributed by atoms with Crippen molar-refractivity contribution in [1.29, 1.82) is 0 Å². The van der Waals surface area contributed by atoms with Gasteiger partial charge in [-0.25, -0.2) is 4.98 Å². The highest BCUT2D eigenvalue weighted by atomic mass is 35.5. The minimum Gasteiger partial charge on any atom is -0.207 e. The monoisotopic (exact) mass is 251 g/mol. The van der Waals surface area contributed by atoms with E-state index in [2.05, 4.69) is 22.1 Å². The number of hydrogen-bond donors (Lipinski definition) is 0. The van der Waals surface area contributed by atoms with Crippen LogP contribution in [0.2, 0.25) is 10.4 Å². The van der Waals surface area contributed by atoms with Crippen molar-refractivity contribution in [2.24, 2.45) is 0 Å². The van der Waals surface area contributed by atoms with Gasteiger partial charge in [0, 0.05) is 0 Å². The molecule has 0 unspecified atom stereocenters. The maximum absolute atomic E-state index is 5.79. The molecule has 0 aromatic carbocycles. The van der Waals surface area contributed by atoms with Gasteiger partial charge in [-0.15, -0.1) is 22.0 Å². The molecule has 0 saturated heterocycles. The molecule has 0 fully saturated rings. The Morgan fingerprint density at radius 3 is 2.71 bits per heavy atom. The molecule has 0 bridgehead atoms. The lowest BCUT2D eigenvalue weighted by Gasteiger charge is -2.01. The van der Waals surface area contributed by atoms with Crippen molar-refractivity contribution in [2.45, 2.75) is 31.2 Å². The van der Waals surface area contributed by atoms with E-state index in [4.69, 9.17) is 23.2 Å². The van der Waals surface area contributed by atoms with Crippen molar-refractivity contribution in [3.05, 3.63) is 10.4 Å². The average Bonchev–Trinajstić information content (AvgIpc) is 2.18. The first-order valence-corrected chi connectivity index (χ1v) is 6.16. The lowest BCUT2D eigenvalue weighted by atomic mass is 10.3. The molecule has 0 amide bonds. The Morgan fingerprint density at radius 1 is 1.21 bits per heavy atom. The fourth-order valence-electron chi connectivity index (χ4n) is 0.893. The molecule has 0 aliphatic carbocycles. The molecule has 0 aliphatic rings. The highest BCUT2D eigenvalue weighted by molar-refractivity contribution is 7.99. The Balaban J connectivity index is 2.45. The predicted molar refractivity (Wildman–Crippen MR) is 60.1 cm³/mol. The maximum Gasteiger partial charge on any atom is 0.244 e. The van der Waals surface area contributed by atoms with E-state index in [0.29, 0.717) is 10.2 Å². The molecular weight excluding hydrogens is 241 g/mol. The first-order chi connectivity index (χ1) is 6.74. The number of nitrogens with zero attached hydrogens (tertiary/aromatic N) is 3. The zero-order chi connectivity index (χ0) is 10.4. The fraction of sp³-hybridized carbons (Fsp3) is 0.625. The lowest BCUT2D eigenvalue weighted by molar-refractivity contribution is 0.777. The first-order valence-electron chi connectivity index (χ1n) is 4.42. The number of hydrogen-bond acceptors (Lipinski definition) is 4. The van der Waals surface area contributed by atoms with E-state index in [-0.39, 0.29) is 5.28 Å². The molecule has 78 valence electrons. The second-order valence-electron chi connectivity index (χ2n) is 2.73. The predicted octanol–water partition coefficient (Wildman–Crippen LogP) is 3.46. The first kappa shape index (κ1) is 12.0. The third-order valence-electron chi connectivity index (χ3n) is 1.58. The molecule has 1 aromatic heterocycles. The Bertz CT molecular complexity index is 296. The van der Waals surface area contributed by atoms with Gasteiger partial charge in [0.25, 0.3) is 0 Å². The number of rotatable bonds is 5. The molecular formula is C8H11Cl2N3S. The van der Waals surface area contributed by atoms with E-state index in [1.807, 2.05) is 0 Å². The number of aromatic nitrogens is 3. The third kappa shape index (κ3) is 3.98. The van der Waals surface area contributed by atoms with Crippen LogP contribution in [0.25, 0.3) is 0 Å². The zero-order valence-corrected chi connectivity index (χ0v) is 10.2. The Labute approximate surface area is 97.6 Å². The van der Waals surface area contributed by atoms with Gasteiger partial charge >= 0.3 is 0 Å². The molecule has 0 atom stereocenters. The molecule has 6 heteroatoms. The molecule has 0 N–H and O–H groups in total. The van der Waals surface area contributed by atoms with Gasteiger partial charge in [-0.2, -0.15) is 0 Å². The Morgan fingerprint density at radius 2 is 2.00 bits per heavy atom. The van der Waals surface area contributed by atoms with Crippen LogP contribution in [0.5, 0.6) is 0 Å². The van der Waals surface area contributed by atoms with Crippen molar-refractivity contribution in [1.82, 2.24) is 15.2 Å². The molecule has 1 aromatic rings. The van der Waals surface area contributed by atoms with Gasteiger partial charge in [0.05, 0.1) is 0 Å². The summed E-state index contributed by atoms with van der Waals surface area (Å²) in [6, 6.07) is 0. The molecule has 1 heterocycles. The fourth-order valence-corrected chi connectivity index (χ4v) is 2.16. The van der Waals surface area contributed by atoms with Gasteiger partial charge in [0.15, 0.2) is 5.15 Å². The van der Waals surface area contributed by atoms with Gasteiger partial charge in [-0.1, -0.05) is 31.4 Å². The number of halogens is 2. The van der Waals surface area contributed by atoms with Crippen LogP contribution in [0.1, 0.15) is 26.2 Å². The summed E-state index contributed by atoms with van der Waals surface area (Å²) in [5.41, 5.74) is 0. The standard InChI is InChI=1S/C8H11Cl2N3S/c1-2-3-4-5-14-7-6(9)12-13-8(10)11-7/h2-5H2,1H3. The summed E-state index contributed by atoms with van der Waals surface area (Å²) in [5.74, 6) is 0.989. The van der Waals surface area contributed by atoms with Crippen LogP contribution >= 0.6 is 35.0 Å². The normalized spacial score (nSPS) is 10.5. The third-order valence-corrected chi connectivity index (χ3v) is 3.15.